The van der Waals surface area contributed by atoms with Crippen molar-refractivity contribution in [1.29, 1.82) is 0 Å². The number of hydrazine groups is 1. The molecule has 0 aromatic heterocycles. The third-order valence-electron chi connectivity index (χ3n) is 3.57. The predicted octanol–water partition coefficient (Wildman–Crippen LogP) is 1.87. The van der Waals surface area contributed by atoms with E-state index in [1.165, 1.54) is 0 Å². The Balaban J connectivity index is 2.19. The minimum atomic E-state index is 0.0864. The molecular weight excluding hydrogens is 240 g/mol. The van der Waals surface area contributed by atoms with Gasteiger partial charge in [-0.05, 0) is 18.9 Å². The number of ether oxygens (including phenoxy) is 1. The highest BCUT2D eigenvalue weighted by Crippen LogP contribution is 2.34. The Bertz CT molecular complexity index is 409. The highest BCUT2D eigenvalue weighted by molar-refractivity contribution is 5.37. The van der Waals surface area contributed by atoms with E-state index in [4.69, 9.17) is 4.74 Å². The fourth-order valence-corrected chi connectivity index (χ4v) is 2.42. The van der Waals surface area contributed by atoms with Crippen LogP contribution in [0.15, 0.2) is 24.3 Å². The van der Waals surface area contributed by atoms with Crippen molar-refractivity contribution in [3.8, 4) is 5.75 Å². The lowest BCUT2D eigenvalue weighted by Gasteiger charge is -2.22. The van der Waals surface area contributed by atoms with Crippen LogP contribution in [0.1, 0.15) is 32.4 Å². The minimum Gasteiger partial charge on any atom is -0.493 e. The molecule has 1 aromatic carbocycles. The summed E-state index contributed by atoms with van der Waals surface area (Å²) >= 11 is 0. The Morgan fingerprint density at radius 1 is 1.26 bits per heavy atom. The van der Waals surface area contributed by atoms with Crippen molar-refractivity contribution in [2.45, 2.75) is 32.9 Å². The molecule has 3 N–H and O–H groups in total. The summed E-state index contributed by atoms with van der Waals surface area (Å²) in [6, 6.07) is 8.39. The van der Waals surface area contributed by atoms with Crippen LogP contribution < -0.4 is 15.6 Å². The first-order valence-corrected chi connectivity index (χ1v) is 6.97. The molecule has 19 heavy (non-hydrogen) atoms. The van der Waals surface area contributed by atoms with Crippen LogP contribution in [0.2, 0.25) is 0 Å². The van der Waals surface area contributed by atoms with Crippen LogP contribution in [0.5, 0.6) is 5.75 Å². The summed E-state index contributed by atoms with van der Waals surface area (Å²) in [5.41, 5.74) is 7.57. The SMILES string of the molecule is CC(C)COc1ccccc1C1NNC(C)C1CO. The zero-order valence-electron chi connectivity index (χ0n) is 11.9. The molecule has 4 heteroatoms. The van der Waals surface area contributed by atoms with Crippen LogP contribution in [0.25, 0.3) is 0 Å². The quantitative estimate of drug-likeness (QED) is 0.760. The Morgan fingerprint density at radius 3 is 2.68 bits per heavy atom. The standard InChI is InChI=1S/C15H24N2O2/c1-10(2)9-19-14-7-5-4-6-12(14)15-13(8-18)11(3)16-17-15/h4-7,10-11,13,15-18H,8-9H2,1-3H3. The molecule has 0 bridgehead atoms. The average Bonchev–Trinajstić information content (AvgIpc) is 2.77. The van der Waals surface area contributed by atoms with Crippen molar-refractivity contribution in [3.05, 3.63) is 29.8 Å². The van der Waals surface area contributed by atoms with Gasteiger partial charge in [-0.25, -0.2) is 5.43 Å². The van der Waals surface area contributed by atoms with Gasteiger partial charge in [-0.15, -0.1) is 0 Å². The van der Waals surface area contributed by atoms with E-state index < -0.39 is 0 Å². The molecule has 0 saturated carbocycles. The monoisotopic (exact) mass is 264 g/mol. The zero-order valence-corrected chi connectivity index (χ0v) is 11.9. The van der Waals surface area contributed by atoms with E-state index in [9.17, 15) is 5.11 Å². The van der Waals surface area contributed by atoms with E-state index in [1.54, 1.807) is 0 Å². The van der Waals surface area contributed by atoms with E-state index in [0.29, 0.717) is 12.5 Å². The van der Waals surface area contributed by atoms with Crippen LogP contribution in [0, 0.1) is 11.8 Å². The van der Waals surface area contributed by atoms with Crippen LogP contribution >= 0.6 is 0 Å². The number of rotatable bonds is 5. The minimum absolute atomic E-state index is 0.0864. The Labute approximate surface area is 115 Å². The normalized spacial score (nSPS) is 26.9. The fraction of sp³-hybridized carbons (Fsp3) is 0.600. The maximum atomic E-state index is 9.56. The Morgan fingerprint density at radius 2 is 2.00 bits per heavy atom. The average molecular weight is 264 g/mol. The molecule has 1 aliphatic rings. The van der Waals surface area contributed by atoms with Crippen LogP contribution in [0.3, 0.4) is 0 Å². The molecule has 0 amide bonds. The third kappa shape index (κ3) is 3.26. The highest BCUT2D eigenvalue weighted by atomic mass is 16.5. The van der Waals surface area contributed by atoms with Crippen molar-refractivity contribution in [1.82, 2.24) is 10.9 Å². The predicted molar refractivity (Wildman–Crippen MR) is 75.8 cm³/mol. The van der Waals surface area contributed by atoms with Crippen molar-refractivity contribution in [2.24, 2.45) is 11.8 Å². The molecule has 0 spiro atoms. The van der Waals surface area contributed by atoms with Crippen LogP contribution in [-0.2, 0) is 0 Å². The number of hydrogen-bond acceptors (Lipinski definition) is 4. The summed E-state index contributed by atoms with van der Waals surface area (Å²) in [6.45, 7) is 7.21. The van der Waals surface area contributed by atoms with E-state index in [-0.39, 0.29) is 24.6 Å². The molecule has 1 aliphatic heterocycles. The number of hydrogen-bond donors (Lipinski definition) is 3. The molecule has 1 aromatic rings. The van der Waals surface area contributed by atoms with Crippen molar-refractivity contribution in [2.75, 3.05) is 13.2 Å². The number of benzene rings is 1. The second-order valence-corrected chi connectivity index (χ2v) is 5.64. The molecule has 0 aliphatic carbocycles. The number of aliphatic hydroxyl groups excluding tert-OH is 1. The van der Waals surface area contributed by atoms with Gasteiger partial charge in [-0.1, -0.05) is 32.0 Å². The van der Waals surface area contributed by atoms with Gasteiger partial charge in [-0.2, -0.15) is 0 Å². The molecule has 2 rings (SSSR count). The summed E-state index contributed by atoms with van der Waals surface area (Å²) in [6.07, 6.45) is 0. The number of para-hydroxylation sites is 1. The summed E-state index contributed by atoms with van der Waals surface area (Å²) in [5, 5.41) is 9.56. The van der Waals surface area contributed by atoms with Gasteiger partial charge >= 0.3 is 0 Å². The number of nitrogens with one attached hydrogen (secondary N) is 2. The Kier molecular flexibility index (Phi) is 4.80. The molecular formula is C15H24N2O2. The lowest BCUT2D eigenvalue weighted by Crippen LogP contribution is -2.29. The lowest BCUT2D eigenvalue weighted by atomic mass is 9.90. The lowest BCUT2D eigenvalue weighted by molar-refractivity contribution is 0.201. The van der Waals surface area contributed by atoms with Gasteiger partial charge in [0.15, 0.2) is 0 Å². The molecule has 4 nitrogen and oxygen atoms in total. The highest BCUT2D eigenvalue weighted by Gasteiger charge is 2.34. The number of aliphatic hydroxyl groups is 1. The molecule has 1 fully saturated rings. The van der Waals surface area contributed by atoms with Crippen LogP contribution in [-0.4, -0.2) is 24.4 Å². The summed E-state index contributed by atoms with van der Waals surface area (Å²) < 4.78 is 5.89. The second kappa shape index (κ2) is 6.37. The molecule has 1 heterocycles. The van der Waals surface area contributed by atoms with Gasteiger partial charge in [0.05, 0.1) is 12.6 Å². The first-order chi connectivity index (χ1) is 9.13. The van der Waals surface area contributed by atoms with E-state index in [2.05, 4.69) is 37.7 Å². The van der Waals surface area contributed by atoms with Crippen LogP contribution in [0.4, 0.5) is 0 Å². The van der Waals surface area contributed by atoms with Gasteiger partial charge in [0.25, 0.3) is 0 Å². The summed E-state index contributed by atoms with van der Waals surface area (Å²) in [5.74, 6) is 1.56. The second-order valence-electron chi connectivity index (χ2n) is 5.64. The van der Waals surface area contributed by atoms with Gasteiger partial charge < -0.3 is 9.84 Å². The van der Waals surface area contributed by atoms with Crippen molar-refractivity contribution in [3.63, 3.8) is 0 Å². The van der Waals surface area contributed by atoms with Crippen molar-refractivity contribution < 1.29 is 9.84 Å². The summed E-state index contributed by atoms with van der Waals surface area (Å²) in [4.78, 5) is 0. The molecule has 106 valence electrons. The fourth-order valence-electron chi connectivity index (χ4n) is 2.42. The molecule has 3 atom stereocenters. The first kappa shape index (κ1) is 14.3. The topological polar surface area (TPSA) is 53.5 Å². The summed E-state index contributed by atoms with van der Waals surface area (Å²) in [7, 11) is 0. The Hall–Kier alpha value is -1.10. The van der Waals surface area contributed by atoms with Crippen molar-refractivity contribution >= 4 is 0 Å². The largest absolute Gasteiger partial charge is 0.493 e. The van der Waals surface area contributed by atoms with E-state index >= 15 is 0 Å². The third-order valence-corrected chi connectivity index (χ3v) is 3.57. The molecule has 0 radical (unpaired) electrons. The maximum absolute atomic E-state index is 9.56. The van der Waals surface area contributed by atoms with Gasteiger partial charge in [-0.3, -0.25) is 5.43 Å². The maximum Gasteiger partial charge on any atom is 0.124 e. The smallest absolute Gasteiger partial charge is 0.124 e. The van der Waals surface area contributed by atoms with Gasteiger partial charge in [0.2, 0.25) is 0 Å². The molecule has 1 saturated heterocycles. The van der Waals surface area contributed by atoms with Gasteiger partial charge in [0, 0.05) is 24.1 Å². The van der Waals surface area contributed by atoms with E-state index in [0.717, 1.165) is 11.3 Å². The first-order valence-electron chi connectivity index (χ1n) is 6.97. The molecule has 3 unspecified atom stereocenters. The van der Waals surface area contributed by atoms with E-state index in [1.807, 2.05) is 18.2 Å². The van der Waals surface area contributed by atoms with Gasteiger partial charge in [0.1, 0.15) is 5.75 Å². The zero-order chi connectivity index (χ0) is 13.8.